The molecule has 0 aliphatic carbocycles. The number of methoxy groups -OCH3 is 1. The molecule has 0 aromatic heterocycles. The first-order valence-electron chi connectivity index (χ1n) is 7.26. The van der Waals surface area contributed by atoms with Gasteiger partial charge >= 0.3 is 12.1 Å². The predicted octanol–water partition coefficient (Wildman–Crippen LogP) is 2.83. The van der Waals surface area contributed by atoms with Crippen molar-refractivity contribution >= 4 is 12.1 Å². The molecule has 0 unspecified atom stereocenters. The number of nitrogens with one attached hydrogen (secondary N) is 1. The highest BCUT2D eigenvalue weighted by atomic mass is 16.5. The molecule has 0 atom stereocenters. The highest BCUT2D eigenvalue weighted by molar-refractivity contribution is 5.72. The van der Waals surface area contributed by atoms with E-state index in [-0.39, 0.29) is 19.0 Å². The van der Waals surface area contributed by atoms with E-state index in [9.17, 15) is 9.59 Å². The Hall–Kier alpha value is -2.82. The Morgan fingerprint density at radius 3 is 2.22 bits per heavy atom. The number of amides is 1. The molecular weight excluding hydrogens is 294 g/mol. The lowest BCUT2D eigenvalue weighted by Gasteiger charge is -2.08. The Morgan fingerprint density at radius 1 is 0.913 bits per heavy atom. The van der Waals surface area contributed by atoms with E-state index in [1.165, 1.54) is 7.11 Å². The summed E-state index contributed by atoms with van der Waals surface area (Å²) < 4.78 is 9.74. The fourth-order valence-electron chi connectivity index (χ4n) is 1.96. The van der Waals surface area contributed by atoms with Crippen molar-refractivity contribution in [1.29, 1.82) is 0 Å². The zero-order valence-electron chi connectivity index (χ0n) is 13.0. The highest BCUT2D eigenvalue weighted by Gasteiger charge is 2.05. The van der Waals surface area contributed by atoms with Crippen molar-refractivity contribution in [2.24, 2.45) is 0 Å². The van der Waals surface area contributed by atoms with Gasteiger partial charge in [0.1, 0.15) is 6.61 Å². The molecule has 2 aromatic carbocycles. The third kappa shape index (κ3) is 5.82. The molecule has 2 rings (SSSR count). The quantitative estimate of drug-likeness (QED) is 0.833. The lowest BCUT2D eigenvalue weighted by Crippen LogP contribution is -2.23. The maximum absolute atomic E-state index is 11.6. The van der Waals surface area contributed by atoms with Gasteiger partial charge in [0.25, 0.3) is 0 Å². The van der Waals surface area contributed by atoms with E-state index in [1.807, 2.05) is 54.6 Å². The molecule has 0 heterocycles. The van der Waals surface area contributed by atoms with E-state index in [0.717, 1.165) is 16.7 Å². The maximum atomic E-state index is 11.6. The molecule has 0 saturated heterocycles. The Labute approximate surface area is 135 Å². The van der Waals surface area contributed by atoms with Gasteiger partial charge in [0.15, 0.2) is 0 Å². The third-order valence-corrected chi connectivity index (χ3v) is 3.25. The van der Waals surface area contributed by atoms with Gasteiger partial charge < -0.3 is 14.8 Å². The molecular formula is C18H19NO4. The molecule has 23 heavy (non-hydrogen) atoms. The largest absolute Gasteiger partial charge is 0.469 e. The summed E-state index contributed by atoms with van der Waals surface area (Å²) in [6, 6.07) is 16.9. The van der Waals surface area contributed by atoms with Crippen LogP contribution in [0.4, 0.5) is 4.79 Å². The van der Waals surface area contributed by atoms with Gasteiger partial charge in [-0.05, 0) is 16.7 Å². The van der Waals surface area contributed by atoms with E-state index >= 15 is 0 Å². The first-order chi connectivity index (χ1) is 11.2. The molecule has 0 spiro atoms. The number of ether oxygens (including phenoxy) is 2. The SMILES string of the molecule is COC(=O)Cc1ccc(CNC(=O)OCc2ccccc2)cc1. The van der Waals surface area contributed by atoms with Gasteiger partial charge in [0.2, 0.25) is 0 Å². The maximum Gasteiger partial charge on any atom is 0.407 e. The van der Waals surface area contributed by atoms with Crippen LogP contribution in [0.2, 0.25) is 0 Å². The number of hydrogen-bond donors (Lipinski definition) is 1. The summed E-state index contributed by atoms with van der Waals surface area (Å²) in [7, 11) is 1.36. The van der Waals surface area contributed by atoms with Crippen LogP contribution in [0.1, 0.15) is 16.7 Å². The number of carbonyl (C=O) groups excluding carboxylic acids is 2. The summed E-state index contributed by atoms with van der Waals surface area (Å²) in [5.41, 5.74) is 2.73. The van der Waals surface area contributed by atoms with Crippen molar-refractivity contribution in [3.8, 4) is 0 Å². The van der Waals surface area contributed by atoms with Crippen molar-refractivity contribution in [2.75, 3.05) is 7.11 Å². The Kier molecular flexibility index (Phi) is 6.17. The smallest absolute Gasteiger partial charge is 0.407 e. The van der Waals surface area contributed by atoms with E-state index in [1.54, 1.807) is 0 Å². The first-order valence-corrected chi connectivity index (χ1v) is 7.26. The summed E-state index contributed by atoms with van der Waals surface area (Å²) in [4.78, 5) is 22.8. The number of benzene rings is 2. The Bertz CT molecular complexity index is 638. The minimum atomic E-state index is -0.465. The molecule has 1 N–H and O–H groups in total. The molecule has 0 aliphatic rings. The van der Waals surface area contributed by atoms with Gasteiger partial charge in [-0.1, -0.05) is 54.6 Å². The second kappa shape index (κ2) is 8.58. The normalized spacial score (nSPS) is 9.96. The summed E-state index contributed by atoms with van der Waals surface area (Å²) >= 11 is 0. The molecule has 0 aliphatic heterocycles. The number of esters is 1. The van der Waals surface area contributed by atoms with Crippen LogP contribution < -0.4 is 5.32 Å². The number of carbonyl (C=O) groups is 2. The molecule has 5 heteroatoms. The lowest BCUT2D eigenvalue weighted by molar-refractivity contribution is -0.139. The number of rotatable bonds is 6. The molecule has 0 bridgehead atoms. The van der Waals surface area contributed by atoms with Crippen LogP contribution in [0.25, 0.3) is 0 Å². The second-order valence-corrected chi connectivity index (χ2v) is 4.98. The van der Waals surface area contributed by atoms with E-state index in [4.69, 9.17) is 4.74 Å². The van der Waals surface area contributed by atoms with Gasteiger partial charge in [-0.15, -0.1) is 0 Å². The summed E-state index contributed by atoms with van der Waals surface area (Å²) in [6.07, 6.45) is -0.226. The van der Waals surface area contributed by atoms with Crippen molar-refractivity contribution in [3.05, 3.63) is 71.3 Å². The summed E-state index contributed by atoms with van der Waals surface area (Å²) in [5.74, 6) is -0.277. The molecule has 0 saturated carbocycles. The first kappa shape index (κ1) is 16.5. The minimum Gasteiger partial charge on any atom is -0.469 e. The van der Waals surface area contributed by atoms with Crippen molar-refractivity contribution in [2.45, 2.75) is 19.6 Å². The average molecular weight is 313 g/mol. The highest BCUT2D eigenvalue weighted by Crippen LogP contribution is 2.06. The van der Waals surface area contributed by atoms with E-state index < -0.39 is 6.09 Å². The van der Waals surface area contributed by atoms with Crippen LogP contribution >= 0.6 is 0 Å². The predicted molar refractivity (Wildman–Crippen MR) is 85.6 cm³/mol. The summed E-state index contributed by atoms with van der Waals surface area (Å²) in [6.45, 7) is 0.608. The van der Waals surface area contributed by atoms with Crippen molar-refractivity contribution < 1.29 is 19.1 Å². The molecule has 0 fully saturated rings. The van der Waals surface area contributed by atoms with Crippen LogP contribution in [-0.2, 0) is 33.8 Å². The van der Waals surface area contributed by atoms with Gasteiger partial charge in [0.05, 0.1) is 13.5 Å². The van der Waals surface area contributed by atoms with E-state index in [2.05, 4.69) is 10.1 Å². The zero-order chi connectivity index (χ0) is 16.5. The lowest BCUT2D eigenvalue weighted by atomic mass is 10.1. The monoisotopic (exact) mass is 313 g/mol. The van der Waals surface area contributed by atoms with E-state index in [0.29, 0.717) is 6.54 Å². The fourth-order valence-corrected chi connectivity index (χ4v) is 1.96. The molecule has 1 amide bonds. The molecule has 2 aromatic rings. The van der Waals surface area contributed by atoms with Crippen LogP contribution in [0, 0.1) is 0 Å². The van der Waals surface area contributed by atoms with Gasteiger partial charge in [-0.25, -0.2) is 4.79 Å². The minimum absolute atomic E-state index is 0.239. The molecule has 0 radical (unpaired) electrons. The Balaban J connectivity index is 1.74. The van der Waals surface area contributed by atoms with Gasteiger partial charge in [-0.2, -0.15) is 0 Å². The van der Waals surface area contributed by atoms with Crippen LogP contribution in [0.5, 0.6) is 0 Å². The zero-order valence-corrected chi connectivity index (χ0v) is 13.0. The van der Waals surface area contributed by atoms with Crippen molar-refractivity contribution in [1.82, 2.24) is 5.32 Å². The topological polar surface area (TPSA) is 64.6 Å². The summed E-state index contributed by atoms with van der Waals surface area (Å²) in [5, 5.41) is 2.69. The standard InChI is InChI=1S/C18H19NO4/c1-22-17(20)11-14-7-9-15(10-8-14)12-19-18(21)23-13-16-5-3-2-4-6-16/h2-10H,11-13H2,1H3,(H,19,21). The van der Waals surface area contributed by atoms with Crippen molar-refractivity contribution in [3.63, 3.8) is 0 Å². The Morgan fingerprint density at radius 2 is 1.57 bits per heavy atom. The molecule has 5 nitrogen and oxygen atoms in total. The second-order valence-electron chi connectivity index (χ2n) is 4.98. The van der Waals surface area contributed by atoms with Crippen LogP contribution in [-0.4, -0.2) is 19.2 Å². The average Bonchev–Trinajstić information content (AvgIpc) is 2.60. The van der Waals surface area contributed by atoms with Gasteiger partial charge in [-0.3, -0.25) is 4.79 Å². The van der Waals surface area contributed by atoms with Crippen LogP contribution in [0.15, 0.2) is 54.6 Å². The molecule has 120 valence electrons. The fraction of sp³-hybridized carbons (Fsp3) is 0.222. The number of alkyl carbamates (subject to hydrolysis) is 1. The third-order valence-electron chi connectivity index (χ3n) is 3.25. The van der Waals surface area contributed by atoms with Crippen LogP contribution in [0.3, 0.4) is 0 Å². The number of hydrogen-bond acceptors (Lipinski definition) is 4. The van der Waals surface area contributed by atoms with Gasteiger partial charge in [0, 0.05) is 6.54 Å².